The van der Waals surface area contributed by atoms with Crippen LogP contribution in [0.1, 0.15) is 40.7 Å². The van der Waals surface area contributed by atoms with Crippen molar-refractivity contribution in [1.82, 2.24) is 19.9 Å². The molecule has 2 aliphatic rings. The number of nitrogens with zero attached hydrogens (tertiary/aromatic N) is 4. The van der Waals surface area contributed by atoms with Gasteiger partial charge < -0.3 is 14.7 Å². The number of aliphatic hydroxyl groups excluding tert-OH is 1. The maximum absolute atomic E-state index is 13.1. The standard InChI is InChI=1S/C23H24N4O3/c1-26-14-18(24-25-26)16-10-8-15(9-11-16)12-27-13-17-4-2-7-21(22(17)23(27)29)30-20-6-3-5-19(20)28/h2,4,7-11,14,19-20,28H,3,5-6,12-13H2,1H3. The van der Waals surface area contributed by atoms with Gasteiger partial charge in [0, 0.05) is 25.7 Å². The molecule has 0 saturated heterocycles. The van der Waals surface area contributed by atoms with E-state index in [9.17, 15) is 9.90 Å². The average Bonchev–Trinajstić information content (AvgIpc) is 3.44. The highest BCUT2D eigenvalue weighted by molar-refractivity contribution is 6.01. The number of hydrogen-bond acceptors (Lipinski definition) is 5. The Morgan fingerprint density at radius 1 is 1.17 bits per heavy atom. The highest BCUT2D eigenvalue weighted by Gasteiger charge is 2.33. The zero-order valence-corrected chi connectivity index (χ0v) is 16.9. The Morgan fingerprint density at radius 2 is 2.00 bits per heavy atom. The van der Waals surface area contributed by atoms with Crippen LogP contribution in [0, 0.1) is 0 Å². The van der Waals surface area contributed by atoms with E-state index >= 15 is 0 Å². The van der Waals surface area contributed by atoms with Crippen molar-refractivity contribution in [3.05, 3.63) is 65.4 Å². The van der Waals surface area contributed by atoms with Crippen LogP contribution >= 0.6 is 0 Å². The predicted molar refractivity (Wildman–Crippen MR) is 111 cm³/mol. The van der Waals surface area contributed by atoms with Crippen molar-refractivity contribution < 1.29 is 14.6 Å². The summed E-state index contributed by atoms with van der Waals surface area (Å²) in [5.41, 5.74) is 4.48. The number of carbonyl (C=O) groups excluding carboxylic acids is 1. The molecular formula is C23H24N4O3. The van der Waals surface area contributed by atoms with Crippen molar-refractivity contribution in [3.8, 4) is 17.0 Å². The molecule has 2 atom stereocenters. The molecule has 1 aliphatic carbocycles. The summed E-state index contributed by atoms with van der Waals surface area (Å²) in [7, 11) is 1.84. The molecule has 1 fully saturated rings. The monoisotopic (exact) mass is 404 g/mol. The van der Waals surface area contributed by atoms with Gasteiger partial charge in [-0.15, -0.1) is 5.10 Å². The van der Waals surface area contributed by atoms with Crippen molar-refractivity contribution in [2.45, 2.75) is 44.6 Å². The van der Waals surface area contributed by atoms with Crippen LogP contribution in [0.25, 0.3) is 11.3 Å². The van der Waals surface area contributed by atoms with Crippen LogP contribution in [0.4, 0.5) is 0 Å². The van der Waals surface area contributed by atoms with Gasteiger partial charge >= 0.3 is 0 Å². The Bertz CT molecular complexity index is 1080. The van der Waals surface area contributed by atoms with Gasteiger partial charge in [0.1, 0.15) is 17.5 Å². The van der Waals surface area contributed by atoms with Crippen molar-refractivity contribution in [3.63, 3.8) is 0 Å². The minimum absolute atomic E-state index is 0.0221. The molecule has 2 unspecified atom stereocenters. The minimum Gasteiger partial charge on any atom is -0.487 e. The Balaban J connectivity index is 1.31. The molecule has 1 aromatic heterocycles. The molecule has 3 aromatic rings. The first kappa shape index (κ1) is 18.8. The van der Waals surface area contributed by atoms with E-state index in [1.165, 1.54) is 0 Å². The molecule has 7 heteroatoms. The van der Waals surface area contributed by atoms with Gasteiger partial charge in [-0.2, -0.15) is 0 Å². The summed E-state index contributed by atoms with van der Waals surface area (Å²) < 4.78 is 7.73. The first-order valence-electron chi connectivity index (χ1n) is 10.3. The molecule has 1 N–H and O–H groups in total. The number of rotatable bonds is 5. The van der Waals surface area contributed by atoms with E-state index in [0.29, 0.717) is 24.4 Å². The number of aliphatic hydroxyl groups is 1. The van der Waals surface area contributed by atoms with Crippen LogP contribution in [0.5, 0.6) is 5.75 Å². The molecule has 0 spiro atoms. The highest BCUT2D eigenvalue weighted by atomic mass is 16.5. The molecule has 5 rings (SSSR count). The molecule has 2 aromatic carbocycles. The lowest BCUT2D eigenvalue weighted by Crippen LogP contribution is -2.27. The van der Waals surface area contributed by atoms with Crippen molar-refractivity contribution in [2.75, 3.05) is 0 Å². The second kappa shape index (κ2) is 7.57. The number of ether oxygens (including phenoxy) is 1. The molecule has 7 nitrogen and oxygen atoms in total. The summed E-state index contributed by atoms with van der Waals surface area (Å²) in [6.45, 7) is 1.09. The lowest BCUT2D eigenvalue weighted by atomic mass is 10.1. The first-order chi connectivity index (χ1) is 14.6. The Morgan fingerprint density at radius 3 is 2.70 bits per heavy atom. The van der Waals surface area contributed by atoms with E-state index in [1.807, 2.05) is 60.6 Å². The van der Waals surface area contributed by atoms with Gasteiger partial charge in [0.05, 0.1) is 17.9 Å². The van der Waals surface area contributed by atoms with Gasteiger partial charge in [0.2, 0.25) is 0 Å². The van der Waals surface area contributed by atoms with E-state index in [2.05, 4.69) is 10.3 Å². The van der Waals surface area contributed by atoms with E-state index in [1.54, 1.807) is 4.68 Å². The second-order valence-electron chi connectivity index (χ2n) is 8.08. The van der Waals surface area contributed by atoms with Crippen LogP contribution < -0.4 is 4.74 Å². The van der Waals surface area contributed by atoms with Gasteiger partial charge in [-0.1, -0.05) is 41.6 Å². The van der Waals surface area contributed by atoms with Crippen LogP contribution in [0.3, 0.4) is 0 Å². The van der Waals surface area contributed by atoms with Crippen molar-refractivity contribution in [1.29, 1.82) is 0 Å². The summed E-state index contributed by atoms with van der Waals surface area (Å²) in [4.78, 5) is 15.0. The quantitative estimate of drug-likeness (QED) is 0.707. The number of aryl methyl sites for hydroxylation is 1. The smallest absolute Gasteiger partial charge is 0.258 e. The fraction of sp³-hybridized carbons (Fsp3) is 0.348. The number of amides is 1. The number of fused-ring (bicyclic) bond motifs is 1. The molecule has 1 saturated carbocycles. The van der Waals surface area contributed by atoms with Gasteiger partial charge in [-0.05, 0) is 36.5 Å². The fourth-order valence-corrected chi connectivity index (χ4v) is 4.30. The first-order valence-corrected chi connectivity index (χ1v) is 10.3. The lowest BCUT2D eigenvalue weighted by molar-refractivity contribution is 0.0582. The van der Waals surface area contributed by atoms with E-state index in [0.717, 1.165) is 41.6 Å². The predicted octanol–water partition coefficient (Wildman–Crippen LogP) is 2.93. The third-order valence-corrected chi connectivity index (χ3v) is 5.90. The highest BCUT2D eigenvalue weighted by Crippen LogP contribution is 2.34. The molecule has 1 aliphatic heterocycles. The maximum Gasteiger partial charge on any atom is 0.258 e. The Hall–Kier alpha value is -3.19. The summed E-state index contributed by atoms with van der Waals surface area (Å²) in [6.07, 6.45) is 3.71. The number of aromatic nitrogens is 3. The van der Waals surface area contributed by atoms with Gasteiger partial charge in [-0.25, -0.2) is 0 Å². The normalized spacial score (nSPS) is 20.6. The van der Waals surface area contributed by atoms with Crippen LogP contribution in [-0.2, 0) is 20.1 Å². The SMILES string of the molecule is Cn1cc(-c2ccc(CN3Cc4cccc(OC5CCCC5O)c4C3=O)cc2)nn1. The van der Waals surface area contributed by atoms with Gasteiger partial charge in [-0.3, -0.25) is 9.48 Å². The number of benzene rings is 2. The van der Waals surface area contributed by atoms with E-state index in [4.69, 9.17) is 4.74 Å². The third-order valence-electron chi connectivity index (χ3n) is 5.90. The second-order valence-corrected chi connectivity index (χ2v) is 8.08. The van der Waals surface area contributed by atoms with Crippen LogP contribution in [-0.4, -0.2) is 43.1 Å². The molecule has 2 heterocycles. The maximum atomic E-state index is 13.1. The van der Waals surface area contributed by atoms with E-state index in [-0.39, 0.29) is 12.0 Å². The molecule has 0 bridgehead atoms. The average molecular weight is 404 g/mol. The number of hydrogen-bond donors (Lipinski definition) is 1. The Kier molecular flexibility index (Phi) is 4.75. The third kappa shape index (κ3) is 3.45. The van der Waals surface area contributed by atoms with Gasteiger partial charge in [0.25, 0.3) is 5.91 Å². The largest absolute Gasteiger partial charge is 0.487 e. The molecular weight excluding hydrogens is 380 g/mol. The molecule has 0 radical (unpaired) electrons. The van der Waals surface area contributed by atoms with Crippen LogP contribution in [0.15, 0.2) is 48.7 Å². The molecule has 1 amide bonds. The lowest BCUT2D eigenvalue weighted by Gasteiger charge is -2.19. The minimum atomic E-state index is -0.457. The summed E-state index contributed by atoms with van der Waals surface area (Å²) >= 11 is 0. The molecule has 154 valence electrons. The van der Waals surface area contributed by atoms with E-state index < -0.39 is 6.10 Å². The summed E-state index contributed by atoms with van der Waals surface area (Å²) in [6, 6.07) is 13.8. The summed E-state index contributed by atoms with van der Waals surface area (Å²) in [5, 5.41) is 18.2. The Labute approximate surface area is 174 Å². The topological polar surface area (TPSA) is 80.5 Å². The zero-order valence-electron chi connectivity index (χ0n) is 16.9. The number of carbonyl (C=O) groups is 1. The molecule has 30 heavy (non-hydrogen) atoms. The van der Waals surface area contributed by atoms with Crippen molar-refractivity contribution >= 4 is 5.91 Å². The summed E-state index contributed by atoms with van der Waals surface area (Å²) in [5.74, 6) is 0.565. The zero-order chi connectivity index (χ0) is 20.7. The van der Waals surface area contributed by atoms with Crippen molar-refractivity contribution in [2.24, 2.45) is 7.05 Å². The fourth-order valence-electron chi connectivity index (χ4n) is 4.30. The van der Waals surface area contributed by atoms with Gasteiger partial charge in [0.15, 0.2) is 0 Å². The van der Waals surface area contributed by atoms with Crippen LogP contribution in [0.2, 0.25) is 0 Å².